The van der Waals surface area contributed by atoms with Crippen LogP contribution in [0.5, 0.6) is 0 Å². The first-order chi connectivity index (χ1) is 12.0. The molecule has 0 aromatic carbocycles. The minimum absolute atomic E-state index is 0.00392. The largest absolute Gasteiger partial charge is 0.404 e. The van der Waals surface area contributed by atoms with Crippen molar-refractivity contribution in [3.05, 3.63) is 40.4 Å². The Labute approximate surface area is 157 Å². The molecule has 0 radical (unpaired) electrons. The summed E-state index contributed by atoms with van der Waals surface area (Å²) in [5.41, 5.74) is -0.281. The molecule has 0 fully saturated rings. The van der Waals surface area contributed by atoms with E-state index in [2.05, 4.69) is 31.0 Å². The summed E-state index contributed by atoms with van der Waals surface area (Å²) in [6.07, 6.45) is -2.26. The van der Waals surface area contributed by atoms with Crippen LogP contribution in [0.4, 0.5) is 27.6 Å². The number of alkyl halides is 3. The number of aromatic nitrogens is 2. The molecule has 12 heteroatoms. The predicted octanol–water partition coefficient (Wildman–Crippen LogP) is 4.26. The Morgan fingerprint density at radius 3 is 2.62 bits per heavy atom. The second-order valence-corrected chi connectivity index (χ2v) is 6.93. The van der Waals surface area contributed by atoms with E-state index in [9.17, 15) is 26.7 Å². The first-order valence-corrected chi connectivity index (χ1v) is 8.58. The first kappa shape index (κ1) is 20.6. The van der Waals surface area contributed by atoms with E-state index in [1.165, 1.54) is 19.3 Å². The van der Waals surface area contributed by atoms with Crippen LogP contribution < -0.4 is 10.0 Å². The van der Waals surface area contributed by atoms with Gasteiger partial charge in [0.2, 0.25) is 5.95 Å². The van der Waals surface area contributed by atoms with E-state index in [4.69, 9.17) is 0 Å². The van der Waals surface area contributed by atoms with Gasteiger partial charge in [0.25, 0.3) is 5.91 Å². The van der Waals surface area contributed by atoms with Gasteiger partial charge in [-0.15, -0.1) is 0 Å². The van der Waals surface area contributed by atoms with Crippen molar-refractivity contribution in [3.63, 3.8) is 0 Å². The third-order valence-corrected chi connectivity index (χ3v) is 4.73. The fourth-order valence-corrected chi connectivity index (χ4v) is 2.98. The monoisotopic (exact) mass is 458 g/mol. The SMILES string of the molecule is CC(NSc1cn(C)c(C(=O)Nc2cnc(F)c(Br)c2)c1F)C(F)(F)F. The normalized spacial score (nSPS) is 12.9. The highest BCUT2D eigenvalue weighted by Gasteiger charge is 2.36. The van der Waals surface area contributed by atoms with Crippen molar-refractivity contribution in [2.24, 2.45) is 7.05 Å². The van der Waals surface area contributed by atoms with Gasteiger partial charge in [-0.25, -0.2) is 14.1 Å². The van der Waals surface area contributed by atoms with Crippen LogP contribution in [0.1, 0.15) is 17.4 Å². The molecule has 0 aliphatic heterocycles. The number of pyridine rings is 1. The lowest BCUT2D eigenvalue weighted by Gasteiger charge is -2.15. The summed E-state index contributed by atoms with van der Waals surface area (Å²) >= 11 is 3.33. The van der Waals surface area contributed by atoms with Crippen molar-refractivity contribution in [1.29, 1.82) is 0 Å². The summed E-state index contributed by atoms with van der Waals surface area (Å²) in [7, 11) is 1.37. The molecule has 2 N–H and O–H groups in total. The van der Waals surface area contributed by atoms with Gasteiger partial charge in [-0.3, -0.25) is 4.79 Å². The lowest BCUT2D eigenvalue weighted by molar-refractivity contribution is -0.146. The van der Waals surface area contributed by atoms with Crippen molar-refractivity contribution in [3.8, 4) is 0 Å². The molecule has 0 saturated heterocycles. The van der Waals surface area contributed by atoms with Gasteiger partial charge in [0, 0.05) is 13.2 Å². The topological polar surface area (TPSA) is 59.0 Å². The summed E-state index contributed by atoms with van der Waals surface area (Å²) in [6.45, 7) is 0.890. The molecule has 2 heterocycles. The maximum atomic E-state index is 14.4. The third kappa shape index (κ3) is 4.74. The highest BCUT2D eigenvalue weighted by Crippen LogP contribution is 2.28. The lowest BCUT2D eigenvalue weighted by Crippen LogP contribution is -2.35. The van der Waals surface area contributed by atoms with E-state index in [1.54, 1.807) is 0 Å². The highest BCUT2D eigenvalue weighted by molar-refractivity contribution is 9.10. The molecule has 0 aliphatic carbocycles. The van der Waals surface area contributed by atoms with Gasteiger partial charge in [-0.1, -0.05) is 0 Å². The third-order valence-electron chi connectivity index (χ3n) is 3.19. The van der Waals surface area contributed by atoms with Crippen molar-refractivity contribution < 1.29 is 26.7 Å². The predicted molar refractivity (Wildman–Crippen MR) is 89.7 cm³/mol. The Bertz CT molecular complexity index is 826. The van der Waals surface area contributed by atoms with Gasteiger partial charge in [0.05, 0.1) is 21.3 Å². The van der Waals surface area contributed by atoms with Gasteiger partial charge in [-0.05, 0) is 40.9 Å². The van der Waals surface area contributed by atoms with Crippen molar-refractivity contribution in [1.82, 2.24) is 14.3 Å². The minimum atomic E-state index is -4.48. The highest BCUT2D eigenvalue weighted by atomic mass is 79.9. The van der Waals surface area contributed by atoms with Crippen LogP contribution in [0.15, 0.2) is 27.8 Å². The Hall–Kier alpha value is -1.66. The number of halogens is 6. The second kappa shape index (κ2) is 7.92. The minimum Gasteiger partial charge on any atom is -0.343 e. The second-order valence-electron chi connectivity index (χ2n) is 5.20. The smallest absolute Gasteiger partial charge is 0.343 e. The summed E-state index contributed by atoms with van der Waals surface area (Å²) in [5.74, 6) is -2.62. The Kier molecular flexibility index (Phi) is 6.29. The molecule has 5 nitrogen and oxygen atoms in total. The van der Waals surface area contributed by atoms with Crippen LogP contribution in [0.25, 0.3) is 0 Å². The summed E-state index contributed by atoms with van der Waals surface area (Å²) in [5, 5.41) is 2.34. The van der Waals surface area contributed by atoms with E-state index in [0.717, 1.165) is 17.7 Å². The summed E-state index contributed by atoms with van der Waals surface area (Å²) in [4.78, 5) is 15.5. The van der Waals surface area contributed by atoms with Crippen LogP contribution in [0.3, 0.4) is 0 Å². The fourth-order valence-electron chi connectivity index (χ4n) is 1.80. The quantitative estimate of drug-likeness (QED) is 0.399. The maximum Gasteiger partial charge on any atom is 0.404 e. The molecular formula is C14H12BrF5N4OS. The molecule has 2 rings (SSSR count). The van der Waals surface area contributed by atoms with Crippen molar-refractivity contribution in [2.45, 2.75) is 24.0 Å². The first-order valence-electron chi connectivity index (χ1n) is 6.97. The molecule has 2 aromatic heterocycles. The summed E-state index contributed by atoms with van der Waals surface area (Å²) in [6, 6.07) is -0.629. The molecule has 0 bridgehead atoms. The van der Waals surface area contributed by atoms with Crippen molar-refractivity contribution in [2.75, 3.05) is 5.32 Å². The molecule has 0 saturated carbocycles. The number of rotatable bonds is 5. The van der Waals surface area contributed by atoms with Crippen molar-refractivity contribution >= 4 is 39.5 Å². The number of nitrogens with one attached hydrogen (secondary N) is 2. The zero-order valence-corrected chi connectivity index (χ0v) is 15.7. The zero-order valence-electron chi connectivity index (χ0n) is 13.3. The van der Waals surface area contributed by atoms with Crippen LogP contribution in [-0.4, -0.2) is 27.7 Å². The fraction of sp³-hybridized carbons (Fsp3) is 0.286. The van der Waals surface area contributed by atoms with E-state index < -0.39 is 35.6 Å². The average Bonchev–Trinajstić information content (AvgIpc) is 2.81. The van der Waals surface area contributed by atoms with Crippen LogP contribution in [0.2, 0.25) is 0 Å². The maximum absolute atomic E-state index is 14.4. The molecule has 1 amide bonds. The van der Waals surface area contributed by atoms with E-state index in [-0.39, 0.29) is 15.1 Å². The van der Waals surface area contributed by atoms with E-state index >= 15 is 0 Å². The Morgan fingerprint density at radius 2 is 2.04 bits per heavy atom. The molecule has 0 aliphatic rings. The van der Waals surface area contributed by atoms with Gasteiger partial charge < -0.3 is 9.88 Å². The number of amides is 1. The van der Waals surface area contributed by atoms with Crippen LogP contribution >= 0.6 is 27.9 Å². The van der Waals surface area contributed by atoms with Crippen LogP contribution in [-0.2, 0) is 7.05 Å². The number of hydrogen-bond acceptors (Lipinski definition) is 4. The lowest BCUT2D eigenvalue weighted by atomic mass is 10.3. The standard InChI is InChI=1S/C14H12BrF5N4OS/c1-6(14(18,19)20)23-26-9-5-24(2)11(10(9)16)13(25)22-7-3-8(15)12(17)21-4-7/h3-6,23H,1-2H3,(H,22,25). The van der Waals surface area contributed by atoms with Gasteiger partial charge in [0.1, 0.15) is 11.7 Å². The number of hydrogen-bond donors (Lipinski definition) is 2. The molecule has 142 valence electrons. The molecular weight excluding hydrogens is 447 g/mol. The van der Waals surface area contributed by atoms with Gasteiger partial charge in [-0.2, -0.15) is 17.6 Å². The average molecular weight is 459 g/mol. The number of carbonyl (C=O) groups excluding carboxylic acids is 1. The number of anilines is 1. The number of carbonyl (C=O) groups is 1. The molecule has 1 atom stereocenters. The van der Waals surface area contributed by atoms with Gasteiger partial charge >= 0.3 is 6.18 Å². The van der Waals surface area contributed by atoms with Crippen LogP contribution in [0, 0.1) is 11.8 Å². The Balaban J connectivity index is 2.15. The number of nitrogens with zero attached hydrogens (tertiary/aromatic N) is 2. The number of aryl methyl sites for hydroxylation is 1. The molecule has 1 unspecified atom stereocenters. The van der Waals surface area contributed by atoms with E-state index in [1.807, 2.05) is 0 Å². The zero-order chi connectivity index (χ0) is 19.6. The Morgan fingerprint density at radius 1 is 1.38 bits per heavy atom. The van der Waals surface area contributed by atoms with Gasteiger partial charge in [0.15, 0.2) is 5.82 Å². The molecule has 2 aromatic rings. The molecule has 26 heavy (non-hydrogen) atoms. The van der Waals surface area contributed by atoms with E-state index in [0.29, 0.717) is 11.9 Å². The summed E-state index contributed by atoms with van der Waals surface area (Å²) < 4.78 is 68.2. The molecule has 0 spiro atoms.